The standard InChI is InChI=1S/C22H20N2O4S/c1-2-27-22(26)18-16-11-8-12-17(19(16)29-20(18)24-13-6-7-14-24)23-28-21(25)15-9-4-3-5-10-15/h3-7,9-10,13-14H,2,8,11-12H2,1H3. The second-order valence-electron chi connectivity index (χ2n) is 6.54. The van der Waals surface area contributed by atoms with Gasteiger partial charge >= 0.3 is 11.9 Å². The Morgan fingerprint density at radius 1 is 1.07 bits per heavy atom. The molecule has 0 atom stereocenters. The molecular formula is C22H20N2O4S. The van der Waals surface area contributed by atoms with Gasteiger partial charge in [0.1, 0.15) is 5.00 Å². The Morgan fingerprint density at radius 2 is 1.83 bits per heavy atom. The SMILES string of the molecule is CCOC(=O)c1c(-n2cccc2)sc2c1CCCC2=NOC(=O)c1ccccc1. The molecule has 0 unspecified atom stereocenters. The molecule has 29 heavy (non-hydrogen) atoms. The molecule has 3 aromatic rings. The summed E-state index contributed by atoms with van der Waals surface area (Å²) in [5.41, 5.74) is 2.62. The highest BCUT2D eigenvalue weighted by Gasteiger charge is 2.30. The molecule has 6 nitrogen and oxygen atoms in total. The quantitative estimate of drug-likeness (QED) is 0.351. The third kappa shape index (κ3) is 3.86. The smallest absolute Gasteiger partial charge is 0.365 e. The molecule has 4 rings (SSSR count). The number of rotatable bonds is 5. The highest BCUT2D eigenvalue weighted by atomic mass is 32.1. The number of fused-ring (bicyclic) bond motifs is 1. The van der Waals surface area contributed by atoms with Crippen molar-refractivity contribution in [3.8, 4) is 5.00 Å². The predicted octanol–water partition coefficient (Wildman–Crippen LogP) is 4.61. The molecule has 0 fully saturated rings. The molecule has 0 amide bonds. The number of hydrogen-bond acceptors (Lipinski definition) is 6. The molecule has 1 aliphatic carbocycles. The Bertz CT molecular complexity index is 1050. The van der Waals surface area contributed by atoms with Crippen LogP contribution in [0, 0.1) is 0 Å². The first-order valence-corrected chi connectivity index (χ1v) is 10.3. The molecule has 2 heterocycles. The van der Waals surface area contributed by atoms with Crippen LogP contribution >= 0.6 is 11.3 Å². The van der Waals surface area contributed by atoms with Gasteiger partial charge in [-0.25, -0.2) is 9.59 Å². The van der Waals surface area contributed by atoms with Crippen LogP contribution in [0.3, 0.4) is 0 Å². The lowest BCUT2D eigenvalue weighted by Gasteiger charge is -2.14. The Kier molecular flexibility index (Phi) is 5.57. The van der Waals surface area contributed by atoms with Gasteiger partial charge < -0.3 is 14.1 Å². The molecule has 0 radical (unpaired) electrons. The van der Waals surface area contributed by atoms with E-state index in [4.69, 9.17) is 9.57 Å². The molecule has 0 saturated carbocycles. The van der Waals surface area contributed by atoms with Crippen molar-refractivity contribution in [3.05, 3.63) is 76.4 Å². The number of benzene rings is 1. The largest absolute Gasteiger partial charge is 0.462 e. The monoisotopic (exact) mass is 408 g/mol. The first-order chi connectivity index (χ1) is 14.2. The van der Waals surface area contributed by atoms with Gasteiger partial charge in [0.05, 0.1) is 28.3 Å². The number of thiophene rings is 1. The number of carbonyl (C=O) groups is 2. The second-order valence-corrected chi connectivity index (χ2v) is 7.54. The van der Waals surface area contributed by atoms with Crippen molar-refractivity contribution in [2.45, 2.75) is 26.2 Å². The molecule has 0 spiro atoms. The third-order valence-electron chi connectivity index (χ3n) is 4.66. The van der Waals surface area contributed by atoms with Crippen LogP contribution in [0.2, 0.25) is 0 Å². The van der Waals surface area contributed by atoms with Crippen molar-refractivity contribution in [1.82, 2.24) is 4.57 Å². The molecule has 2 aromatic heterocycles. The van der Waals surface area contributed by atoms with Crippen molar-refractivity contribution in [1.29, 1.82) is 0 Å². The van der Waals surface area contributed by atoms with E-state index in [0.29, 0.717) is 29.9 Å². The van der Waals surface area contributed by atoms with Gasteiger partial charge in [0.2, 0.25) is 0 Å². The van der Waals surface area contributed by atoms with Crippen LogP contribution in [-0.4, -0.2) is 28.8 Å². The molecule has 0 aliphatic heterocycles. The van der Waals surface area contributed by atoms with Gasteiger partial charge in [-0.2, -0.15) is 0 Å². The van der Waals surface area contributed by atoms with E-state index >= 15 is 0 Å². The minimum atomic E-state index is -0.502. The number of nitrogens with zero attached hydrogens (tertiary/aromatic N) is 2. The van der Waals surface area contributed by atoms with Crippen molar-refractivity contribution < 1.29 is 19.2 Å². The lowest BCUT2D eigenvalue weighted by atomic mass is 9.94. The van der Waals surface area contributed by atoms with E-state index in [1.807, 2.05) is 35.2 Å². The maximum atomic E-state index is 12.7. The maximum Gasteiger partial charge on any atom is 0.365 e. The molecule has 1 aliphatic rings. The van der Waals surface area contributed by atoms with Crippen LogP contribution in [0.1, 0.15) is 50.9 Å². The Balaban J connectivity index is 1.71. The highest BCUT2D eigenvalue weighted by Crippen LogP contribution is 2.37. The summed E-state index contributed by atoms with van der Waals surface area (Å²) in [6.07, 6.45) is 6.05. The number of oxime groups is 1. The fraction of sp³-hybridized carbons (Fsp3) is 0.227. The summed E-state index contributed by atoms with van der Waals surface area (Å²) in [6.45, 7) is 2.10. The summed E-state index contributed by atoms with van der Waals surface area (Å²) in [5, 5.41) is 4.95. The molecule has 1 aromatic carbocycles. The zero-order chi connectivity index (χ0) is 20.2. The average Bonchev–Trinajstić information content (AvgIpc) is 3.40. The Labute approximate surface area is 172 Å². The third-order valence-corrected chi connectivity index (χ3v) is 5.95. The lowest BCUT2D eigenvalue weighted by Crippen LogP contribution is -2.15. The number of ether oxygens (including phenoxy) is 1. The number of hydrogen-bond donors (Lipinski definition) is 0. The molecule has 0 bridgehead atoms. The minimum Gasteiger partial charge on any atom is -0.462 e. The summed E-state index contributed by atoms with van der Waals surface area (Å²) in [7, 11) is 0. The fourth-order valence-electron chi connectivity index (χ4n) is 3.35. The van der Waals surface area contributed by atoms with Gasteiger partial charge in [0.15, 0.2) is 0 Å². The van der Waals surface area contributed by atoms with E-state index in [-0.39, 0.29) is 5.97 Å². The normalized spacial score (nSPS) is 14.4. The fourth-order valence-corrected chi connectivity index (χ4v) is 4.66. The molecule has 0 N–H and O–H groups in total. The highest BCUT2D eigenvalue weighted by molar-refractivity contribution is 7.17. The van der Waals surface area contributed by atoms with E-state index < -0.39 is 5.97 Å². The summed E-state index contributed by atoms with van der Waals surface area (Å²) in [5.74, 6) is -0.839. The van der Waals surface area contributed by atoms with E-state index in [0.717, 1.165) is 28.3 Å². The van der Waals surface area contributed by atoms with Gasteiger partial charge in [0, 0.05) is 12.4 Å². The van der Waals surface area contributed by atoms with Crippen LogP contribution in [0.4, 0.5) is 0 Å². The van der Waals surface area contributed by atoms with Crippen molar-refractivity contribution >= 4 is 29.0 Å². The van der Waals surface area contributed by atoms with Crippen molar-refractivity contribution in [2.75, 3.05) is 6.61 Å². The first kappa shape index (κ1) is 19.1. The van der Waals surface area contributed by atoms with Crippen LogP contribution in [0.5, 0.6) is 0 Å². The van der Waals surface area contributed by atoms with Crippen molar-refractivity contribution in [3.63, 3.8) is 0 Å². The van der Waals surface area contributed by atoms with Crippen molar-refractivity contribution in [2.24, 2.45) is 5.16 Å². The lowest BCUT2D eigenvalue weighted by molar-refractivity contribution is 0.0508. The minimum absolute atomic E-state index is 0.310. The average molecular weight is 408 g/mol. The molecule has 148 valence electrons. The summed E-state index contributed by atoms with van der Waals surface area (Å²) in [4.78, 5) is 31.0. The van der Waals surface area contributed by atoms with Crippen LogP contribution in [-0.2, 0) is 16.0 Å². The van der Waals surface area contributed by atoms with E-state index in [1.165, 1.54) is 11.3 Å². The number of esters is 1. The predicted molar refractivity (Wildman–Crippen MR) is 111 cm³/mol. The Morgan fingerprint density at radius 3 is 2.55 bits per heavy atom. The molecule has 0 saturated heterocycles. The van der Waals surface area contributed by atoms with E-state index in [9.17, 15) is 9.59 Å². The van der Waals surface area contributed by atoms with Crippen LogP contribution in [0.15, 0.2) is 60.0 Å². The first-order valence-electron chi connectivity index (χ1n) is 9.48. The van der Waals surface area contributed by atoms with Gasteiger partial charge in [0.25, 0.3) is 0 Å². The summed E-state index contributed by atoms with van der Waals surface area (Å²) in [6, 6.07) is 12.6. The van der Waals surface area contributed by atoms with Crippen LogP contribution < -0.4 is 0 Å². The zero-order valence-corrected chi connectivity index (χ0v) is 16.8. The maximum absolute atomic E-state index is 12.7. The zero-order valence-electron chi connectivity index (χ0n) is 16.0. The van der Waals surface area contributed by atoms with E-state index in [1.54, 1.807) is 31.2 Å². The summed E-state index contributed by atoms with van der Waals surface area (Å²) < 4.78 is 7.22. The Hall–Kier alpha value is -3.19. The number of aromatic nitrogens is 1. The van der Waals surface area contributed by atoms with E-state index in [2.05, 4.69) is 5.16 Å². The van der Waals surface area contributed by atoms with Gasteiger partial charge in [-0.3, -0.25) is 0 Å². The molecular weight excluding hydrogens is 388 g/mol. The second kappa shape index (κ2) is 8.45. The van der Waals surface area contributed by atoms with Gasteiger partial charge in [-0.1, -0.05) is 23.4 Å². The topological polar surface area (TPSA) is 69.9 Å². The van der Waals surface area contributed by atoms with Gasteiger partial charge in [-0.05, 0) is 56.0 Å². The van der Waals surface area contributed by atoms with Gasteiger partial charge in [-0.15, -0.1) is 11.3 Å². The summed E-state index contributed by atoms with van der Waals surface area (Å²) >= 11 is 1.47. The molecule has 7 heteroatoms. The van der Waals surface area contributed by atoms with Crippen LogP contribution in [0.25, 0.3) is 5.00 Å². The number of carbonyl (C=O) groups excluding carboxylic acids is 2.